The molecule has 1 saturated heterocycles. The lowest BCUT2D eigenvalue weighted by atomic mass is 9.84. The maximum atomic E-state index is 14.9. The zero-order valence-corrected chi connectivity index (χ0v) is 34.4. The Morgan fingerprint density at radius 2 is 1.70 bits per heavy atom. The molecule has 1 aliphatic heterocycles. The Kier molecular flexibility index (Phi) is 14.7. The van der Waals surface area contributed by atoms with Crippen molar-refractivity contribution in [2.75, 3.05) is 13.1 Å². The maximum absolute atomic E-state index is 14.9. The number of pyridine rings is 1. The first kappa shape index (κ1) is 44.2. The molecule has 0 bridgehead atoms. The van der Waals surface area contributed by atoms with Crippen LogP contribution in [0.25, 0.3) is 11.2 Å². The van der Waals surface area contributed by atoms with Crippen molar-refractivity contribution >= 4 is 46.7 Å². The second-order valence-electron chi connectivity index (χ2n) is 16.2. The molecule has 3 aromatic heterocycles. The summed E-state index contributed by atoms with van der Waals surface area (Å²) in [6.45, 7) is 3.38. The predicted molar refractivity (Wildman–Crippen MR) is 219 cm³/mol. The van der Waals surface area contributed by atoms with Crippen LogP contribution < -0.4 is 21.7 Å². The number of carbonyl (C=O) groups is 6. The molecule has 4 heterocycles. The molecule has 19 nitrogen and oxygen atoms in total. The number of aliphatic hydroxyl groups is 1. The molecule has 61 heavy (non-hydrogen) atoms. The molecule has 6 rings (SSSR count). The summed E-state index contributed by atoms with van der Waals surface area (Å²) in [5.41, 5.74) is 6.15. The molecule has 19 heteroatoms. The third kappa shape index (κ3) is 11.7. The van der Waals surface area contributed by atoms with Crippen LogP contribution in [0.15, 0.2) is 61.2 Å². The van der Waals surface area contributed by atoms with E-state index in [4.69, 9.17) is 10.5 Å². The highest BCUT2D eigenvalue weighted by Crippen LogP contribution is 2.33. The summed E-state index contributed by atoms with van der Waals surface area (Å²) in [4.78, 5) is 94.6. The molecule has 5 amide bonds. The molecule has 1 unspecified atom stereocenters. The Hall–Kier alpha value is -6.37. The van der Waals surface area contributed by atoms with E-state index in [1.54, 1.807) is 19.9 Å². The van der Waals surface area contributed by atoms with Crippen molar-refractivity contribution in [2.24, 2.45) is 11.7 Å². The summed E-state index contributed by atoms with van der Waals surface area (Å²) < 4.78 is 6.71. The SMILES string of the molecule is CC(C)(O)c1cnnn1[C@H]1C[C@@H](C(=O)NC(CCCCNC(=O)OCc2ccccc2)C(=O)C(N)=O)N(C(=O)[C@@H](CC2CCCCC2)NC(=O)c2cnc3nccnc3c2)C1. The third-order valence-corrected chi connectivity index (χ3v) is 11.2. The Morgan fingerprint density at radius 1 is 0.951 bits per heavy atom. The lowest BCUT2D eigenvalue weighted by Gasteiger charge is -2.32. The van der Waals surface area contributed by atoms with Crippen molar-refractivity contribution in [3.63, 3.8) is 0 Å². The van der Waals surface area contributed by atoms with E-state index in [1.165, 1.54) is 34.4 Å². The van der Waals surface area contributed by atoms with Crippen LogP contribution >= 0.6 is 0 Å². The van der Waals surface area contributed by atoms with Gasteiger partial charge in [-0.05, 0) is 57.1 Å². The average molecular weight is 840 g/mol. The van der Waals surface area contributed by atoms with E-state index in [0.29, 0.717) is 36.1 Å². The van der Waals surface area contributed by atoms with Crippen LogP contribution in [-0.4, -0.2) is 107 Å². The highest BCUT2D eigenvalue weighted by molar-refractivity contribution is 6.37. The molecule has 4 aromatic rings. The minimum absolute atomic E-state index is 0.00780. The van der Waals surface area contributed by atoms with Gasteiger partial charge in [0, 0.05) is 38.1 Å². The first-order valence-corrected chi connectivity index (χ1v) is 20.7. The summed E-state index contributed by atoms with van der Waals surface area (Å²) in [5, 5.41) is 27.4. The van der Waals surface area contributed by atoms with Crippen molar-refractivity contribution in [3.8, 4) is 0 Å². The number of amides is 5. The molecule has 2 aliphatic rings. The number of likely N-dealkylation sites (tertiary alicyclic amines) is 1. The normalized spacial score (nSPS) is 17.9. The maximum Gasteiger partial charge on any atom is 0.407 e. The van der Waals surface area contributed by atoms with E-state index in [1.807, 2.05) is 30.3 Å². The zero-order chi connectivity index (χ0) is 43.5. The Morgan fingerprint density at radius 3 is 2.44 bits per heavy atom. The fraction of sp³-hybridized carbons (Fsp3) is 0.500. The topological polar surface area (TPSA) is 267 Å². The summed E-state index contributed by atoms with van der Waals surface area (Å²) in [6, 6.07) is 6.51. The average Bonchev–Trinajstić information content (AvgIpc) is 3.94. The van der Waals surface area contributed by atoms with Gasteiger partial charge in [-0.25, -0.2) is 19.4 Å². The number of fused-ring (bicyclic) bond motifs is 1. The molecule has 1 aromatic carbocycles. The van der Waals surface area contributed by atoms with Gasteiger partial charge in [-0.3, -0.25) is 29.0 Å². The molecule has 6 N–H and O–H groups in total. The quantitative estimate of drug-likeness (QED) is 0.0713. The number of primary amides is 1. The lowest BCUT2D eigenvalue weighted by molar-refractivity contribution is -0.142. The number of nitrogens with two attached hydrogens (primary N) is 1. The van der Waals surface area contributed by atoms with Gasteiger partial charge >= 0.3 is 6.09 Å². The van der Waals surface area contributed by atoms with Gasteiger partial charge in [-0.1, -0.05) is 67.6 Å². The minimum Gasteiger partial charge on any atom is -0.445 e. The number of unbranched alkanes of at least 4 members (excludes halogenated alkanes) is 1. The Labute approximate surface area is 352 Å². The third-order valence-electron chi connectivity index (χ3n) is 11.2. The van der Waals surface area contributed by atoms with Gasteiger partial charge in [0.1, 0.15) is 29.8 Å². The second-order valence-corrected chi connectivity index (χ2v) is 16.2. The molecule has 324 valence electrons. The van der Waals surface area contributed by atoms with E-state index >= 15 is 0 Å². The number of hydrogen-bond donors (Lipinski definition) is 5. The lowest BCUT2D eigenvalue weighted by Crippen LogP contribution is -2.56. The van der Waals surface area contributed by atoms with Crippen LogP contribution in [0.4, 0.5) is 4.79 Å². The van der Waals surface area contributed by atoms with Gasteiger partial charge in [0.2, 0.25) is 17.6 Å². The fourth-order valence-corrected chi connectivity index (χ4v) is 7.98. The van der Waals surface area contributed by atoms with Crippen molar-refractivity contribution < 1.29 is 38.6 Å². The van der Waals surface area contributed by atoms with E-state index in [9.17, 15) is 33.9 Å². The predicted octanol–water partition coefficient (Wildman–Crippen LogP) is 2.39. The van der Waals surface area contributed by atoms with Crippen molar-refractivity contribution in [3.05, 3.63) is 78.0 Å². The molecular formula is C42H53N11O8. The zero-order valence-electron chi connectivity index (χ0n) is 34.4. The Bertz CT molecular complexity index is 2190. The van der Waals surface area contributed by atoms with Gasteiger partial charge in [0.25, 0.3) is 11.8 Å². The number of alkyl carbamates (subject to hydrolysis) is 1. The monoisotopic (exact) mass is 839 g/mol. The number of ketones is 1. The molecule has 2 fully saturated rings. The van der Waals surface area contributed by atoms with E-state index in [0.717, 1.165) is 37.7 Å². The van der Waals surface area contributed by atoms with Crippen molar-refractivity contribution in [1.82, 2.24) is 50.8 Å². The van der Waals surface area contributed by atoms with Crippen molar-refractivity contribution in [1.29, 1.82) is 0 Å². The van der Waals surface area contributed by atoms with E-state index in [2.05, 4.69) is 41.2 Å². The number of aromatic nitrogens is 6. The first-order chi connectivity index (χ1) is 29.3. The first-order valence-electron chi connectivity index (χ1n) is 20.7. The van der Waals surface area contributed by atoms with E-state index < -0.39 is 65.3 Å². The number of nitrogens with one attached hydrogen (secondary N) is 3. The highest BCUT2D eigenvalue weighted by atomic mass is 16.5. The number of Topliss-reactive ketones (excluding diaryl/α,β-unsaturated/α-hetero) is 1. The van der Waals surface area contributed by atoms with Crippen molar-refractivity contribution in [2.45, 2.75) is 114 Å². The standard InChI is InChI=1S/C42H53N11O8/c1-42(2,60)34-23-48-51-53(34)29-21-33(39(57)49-30(35(54)36(43)55)15-9-10-16-46-41(59)61-25-27-13-7-4-8-14-27)52(24-29)40(58)32(19-26-11-5-3-6-12-26)50-38(56)28-20-31-37(47-22-28)45-18-17-44-31/h4,7-8,13-14,17-18,20,22-23,26,29-30,32-33,60H,3,5-6,9-12,15-16,19,21,24-25H2,1-2H3,(H2,43,55)(H,46,59)(H,49,57)(H,50,56)/t29-,30?,32+,33-/m0/s1. The summed E-state index contributed by atoms with van der Waals surface area (Å²) in [6.07, 6.45) is 10.9. The van der Waals surface area contributed by atoms with Gasteiger partial charge in [-0.15, -0.1) is 5.10 Å². The smallest absolute Gasteiger partial charge is 0.407 e. The number of rotatable bonds is 18. The van der Waals surface area contributed by atoms with Crippen LogP contribution in [0.1, 0.15) is 106 Å². The summed E-state index contributed by atoms with van der Waals surface area (Å²) in [7, 11) is 0. The fourth-order valence-electron chi connectivity index (χ4n) is 7.98. The number of benzene rings is 1. The van der Waals surface area contributed by atoms with Gasteiger partial charge < -0.3 is 36.4 Å². The number of ether oxygens (including phenoxy) is 1. The Balaban J connectivity index is 1.19. The van der Waals surface area contributed by atoms with Gasteiger partial charge in [-0.2, -0.15) is 0 Å². The van der Waals surface area contributed by atoms with Gasteiger partial charge in [0.15, 0.2) is 5.65 Å². The molecule has 0 spiro atoms. The van der Waals surface area contributed by atoms with E-state index in [-0.39, 0.29) is 44.0 Å². The molecule has 4 atom stereocenters. The molecule has 1 saturated carbocycles. The van der Waals surface area contributed by atoms with Crippen LogP contribution in [-0.2, 0) is 36.1 Å². The van der Waals surface area contributed by atoms with Gasteiger partial charge in [0.05, 0.1) is 29.5 Å². The number of hydrogen-bond acceptors (Lipinski definition) is 13. The molecule has 1 aliphatic carbocycles. The second kappa shape index (κ2) is 20.3. The van der Waals surface area contributed by atoms with Crippen LogP contribution in [0, 0.1) is 5.92 Å². The molecular weight excluding hydrogens is 787 g/mol. The van der Waals surface area contributed by atoms with Crippen LogP contribution in [0.3, 0.4) is 0 Å². The minimum atomic E-state index is -1.37. The summed E-state index contributed by atoms with van der Waals surface area (Å²) >= 11 is 0. The molecule has 0 radical (unpaired) electrons. The summed E-state index contributed by atoms with van der Waals surface area (Å²) in [5.74, 6) is -3.94. The number of nitrogens with zero attached hydrogens (tertiary/aromatic N) is 7. The van der Waals surface area contributed by atoms with Crippen LogP contribution in [0.2, 0.25) is 0 Å². The number of carbonyl (C=O) groups excluding carboxylic acids is 6. The highest BCUT2D eigenvalue weighted by Gasteiger charge is 2.45. The van der Waals surface area contributed by atoms with Crippen LogP contribution in [0.5, 0.6) is 0 Å². The largest absolute Gasteiger partial charge is 0.445 e.